The molecule has 0 radical (unpaired) electrons. The maximum atomic E-state index is 11.4. The van der Waals surface area contributed by atoms with Crippen LogP contribution in [0.3, 0.4) is 0 Å². The van der Waals surface area contributed by atoms with E-state index in [-0.39, 0.29) is 4.90 Å². The molecule has 0 amide bonds. The van der Waals surface area contributed by atoms with Gasteiger partial charge in [0.25, 0.3) is 0 Å². The highest BCUT2D eigenvalue weighted by atomic mass is 79.9. The van der Waals surface area contributed by atoms with Crippen molar-refractivity contribution in [2.75, 3.05) is 11.9 Å². The Morgan fingerprint density at radius 2 is 2.38 bits per heavy atom. The van der Waals surface area contributed by atoms with Crippen LogP contribution in [0.15, 0.2) is 17.3 Å². The van der Waals surface area contributed by atoms with Crippen molar-refractivity contribution in [3.05, 3.63) is 12.4 Å². The highest BCUT2D eigenvalue weighted by Crippen LogP contribution is 2.03. The molecule has 0 aliphatic heterocycles. The number of H-pyrrole nitrogens is 1. The topological polar surface area (TPSA) is 74.8 Å². The largest absolute Gasteiger partial charge is 0.284 e. The van der Waals surface area contributed by atoms with Gasteiger partial charge in [-0.1, -0.05) is 15.9 Å². The van der Waals surface area contributed by atoms with Crippen LogP contribution in [0, 0.1) is 0 Å². The van der Waals surface area contributed by atoms with Crippen LogP contribution in [0.25, 0.3) is 0 Å². The second kappa shape index (κ2) is 4.73. The van der Waals surface area contributed by atoms with Crippen molar-refractivity contribution in [1.29, 1.82) is 0 Å². The fourth-order valence-corrected chi connectivity index (χ4v) is 2.00. The van der Waals surface area contributed by atoms with E-state index >= 15 is 0 Å². The maximum Gasteiger partial charge on any atom is 0.243 e. The molecule has 0 aliphatic rings. The fourth-order valence-electron chi connectivity index (χ4n) is 0.743. The van der Waals surface area contributed by atoms with Gasteiger partial charge in [0.15, 0.2) is 0 Å². The second-order valence-corrected chi connectivity index (χ2v) is 4.93. The van der Waals surface area contributed by atoms with E-state index in [2.05, 4.69) is 30.8 Å². The zero-order valence-electron chi connectivity index (χ0n) is 6.83. The molecule has 0 spiro atoms. The third-order valence-electron chi connectivity index (χ3n) is 1.39. The van der Waals surface area contributed by atoms with Gasteiger partial charge in [-0.2, -0.15) is 5.10 Å². The molecular formula is C6H10BrN3O2S. The molecule has 1 aromatic rings. The monoisotopic (exact) mass is 267 g/mol. The first-order chi connectivity index (χ1) is 6.17. The lowest BCUT2D eigenvalue weighted by Crippen LogP contribution is -2.24. The summed E-state index contributed by atoms with van der Waals surface area (Å²) in [6.45, 7) is 0.429. The predicted molar refractivity (Wildman–Crippen MR) is 52.2 cm³/mol. The Balaban J connectivity index is 2.58. The molecule has 74 valence electrons. The summed E-state index contributed by atoms with van der Waals surface area (Å²) in [6.07, 6.45) is 3.38. The molecule has 0 fully saturated rings. The maximum absolute atomic E-state index is 11.4. The molecule has 7 heteroatoms. The Labute approximate surface area is 85.1 Å². The van der Waals surface area contributed by atoms with Gasteiger partial charge < -0.3 is 0 Å². The predicted octanol–water partition coefficient (Wildman–Crippen LogP) is 0.473. The number of alkyl halides is 1. The van der Waals surface area contributed by atoms with E-state index in [0.717, 1.165) is 11.8 Å². The summed E-state index contributed by atoms with van der Waals surface area (Å²) in [5.41, 5.74) is 0. The van der Waals surface area contributed by atoms with Gasteiger partial charge in [-0.15, -0.1) is 0 Å². The second-order valence-electron chi connectivity index (χ2n) is 2.37. The molecule has 0 saturated heterocycles. The summed E-state index contributed by atoms with van der Waals surface area (Å²) in [7, 11) is -3.35. The Hall–Kier alpha value is -0.400. The highest BCUT2D eigenvalue weighted by Gasteiger charge is 2.13. The van der Waals surface area contributed by atoms with E-state index in [1.807, 2.05) is 0 Å². The van der Waals surface area contributed by atoms with Gasteiger partial charge >= 0.3 is 0 Å². The van der Waals surface area contributed by atoms with Gasteiger partial charge in [0, 0.05) is 18.1 Å². The highest BCUT2D eigenvalue weighted by molar-refractivity contribution is 9.09. The first kappa shape index (κ1) is 10.7. The van der Waals surface area contributed by atoms with Gasteiger partial charge in [-0.25, -0.2) is 13.1 Å². The molecule has 0 aliphatic carbocycles. The number of aromatic amines is 1. The zero-order valence-corrected chi connectivity index (χ0v) is 9.23. The summed E-state index contributed by atoms with van der Waals surface area (Å²) in [6, 6.07) is 0. The number of hydrogen-bond donors (Lipinski definition) is 2. The summed E-state index contributed by atoms with van der Waals surface area (Å²) < 4.78 is 25.2. The fraction of sp³-hybridized carbons (Fsp3) is 0.500. The Kier molecular flexibility index (Phi) is 3.89. The van der Waals surface area contributed by atoms with E-state index < -0.39 is 10.0 Å². The SMILES string of the molecule is O=S(=O)(NCCCBr)c1cn[nH]c1. The van der Waals surface area contributed by atoms with Crippen molar-refractivity contribution in [3.8, 4) is 0 Å². The van der Waals surface area contributed by atoms with Gasteiger partial charge in [-0.3, -0.25) is 5.10 Å². The van der Waals surface area contributed by atoms with Gasteiger partial charge in [0.05, 0.1) is 6.20 Å². The number of nitrogens with one attached hydrogen (secondary N) is 2. The Morgan fingerprint density at radius 3 is 2.92 bits per heavy atom. The van der Waals surface area contributed by atoms with Crippen LogP contribution < -0.4 is 4.72 Å². The van der Waals surface area contributed by atoms with Gasteiger partial charge in [0.1, 0.15) is 4.90 Å². The van der Waals surface area contributed by atoms with Gasteiger partial charge in [-0.05, 0) is 6.42 Å². The number of hydrogen-bond acceptors (Lipinski definition) is 3. The van der Waals surface area contributed by atoms with Crippen molar-refractivity contribution in [3.63, 3.8) is 0 Å². The lowest BCUT2D eigenvalue weighted by Gasteiger charge is -2.01. The normalized spacial score (nSPS) is 11.8. The molecule has 5 nitrogen and oxygen atoms in total. The molecule has 0 aromatic carbocycles. The van der Waals surface area contributed by atoms with Crippen molar-refractivity contribution >= 4 is 26.0 Å². The molecule has 0 unspecified atom stereocenters. The number of sulfonamides is 1. The van der Waals surface area contributed by atoms with Crippen molar-refractivity contribution < 1.29 is 8.42 Å². The number of nitrogens with zero attached hydrogens (tertiary/aromatic N) is 1. The van der Waals surface area contributed by atoms with Crippen LogP contribution >= 0.6 is 15.9 Å². The Morgan fingerprint density at radius 1 is 1.62 bits per heavy atom. The zero-order chi connectivity index (χ0) is 9.73. The molecule has 0 saturated carbocycles. The summed E-state index contributed by atoms with van der Waals surface area (Å²) in [5, 5.41) is 6.79. The number of halogens is 1. The summed E-state index contributed by atoms with van der Waals surface area (Å²) >= 11 is 3.21. The average Bonchev–Trinajstić information content (AvgIpc) is 2.56. The minimum atomic E-state index is -3.35. The van der Waals surface area contributed by atoms with Crippen LogP contribution in [-0.4, -0.2) is 30.5 Å². The van der Waals surface area contributed by atoms with Crippen LogP contribution in [0.1, 0.15) is 6.42 Å². The van der Waals surface area contributed by atoms with Crippen molar-refractivity contribution in [2.24, 2.45) is 0 Å². The third kappa shape index (κ3) is 3.09. The van der Waals surface area contributed by atoms with Crippen LogP contribution in [0.4, 0.5) is 0 Å². The summed E-state index contributed by atoms with van der Waals surface area (Å²) in [5.74, 6) is 0. The molecule has 0 bridgehead atoms. The minimum absolute atomic E-state index is 0.169. The molecule has 1 rings (SSSR count). The third-order valence-corrected chi connectivity index (χ3v) is 3.37. The van der Waals surface area contributed by atoms with Crippen LogP contribution in [0.2, 0.25) is 0 Å². The van der Waals surface area contributed by atoms with Crippen molar-refractivity contribution in [1.82, 2.24) is 14.9 Å². The van der Waals surface area contributed by atoms with Crippen molar-refractivity contribution in [2.45, 2.75) is 11.3 Å². The Bertz CT molecular complexity index is 335. The van der Waals surface area contributed by atoms with E-state index in [0.29, 0.717) is 6.54 Å². The molecule has 2 N–H and O–H groups in total. The van der Waals surface area contributed by atoms with E-state index in [4.69, 9.17) is 0 Å². The smallest absolute Gasteiger partial charge is 0.243 e. The van der Waals surface area contributed by atoms with E-state index in [9.17, 15) is 8.42 Å². The summed E-state index contributed by atoms with van der Waals surface area (Å²) in [4.78, 5) is 0.169. The standard InChI is InChI=1S/C6H10BrN3O2S/c7-2-1-3-10-13(11,12)6-4-8-9-5-6/h4-5,10H,1-3H2,(H,8,9). The lowest BCUT2D eigenvalue weighted by molar-refractivity contribution is 0.581. The molecular weight excluding hydrogens is 258 g/mol. The van der Waals surface area contributed by atoms with Crippen LogP contribution in [-0.2, 0) is 10.0 Å². The lowest BCUT2D eigenvalue weighted by atomic mass is 10.5. The average molecular weight is 268 g/mol. The first-order valence-corrected chi connectivity index (χ1v) is 6.31. The number of aromatic nitrogens is 2. The quantitative estimate of drug-likeness (QED) is 0.602. The molecule has 0 atom stereocenters. The van der Waals surface area contributed by atoms with Gasteiger partial charge in [0.2, 0.25) is 10.0 Å². The molecule has 1 aromatic heterocycles. The number of rotatable bonds is 5. The van der Waals surface area contributed by atoms with Crippen LogP contribution in [0.5, 0.6) is 0 Å². The minimum Gasteiger partial charge on any atom is -0.284 e. The van der Waals surface area contributed by atoms with E-state index in [1.54, 1.807) is 0 Å². The van der Waals surface area contributed by atoms with E-state index in [1.165, 1.54) is 12.4 Å². The molecule has 1 heterocycles. The molecule has 13 heavy (non-hydrogen) atoms. The first-order valence-electron chi connectivity index (χ1n) is 3.71.